The van der Waals surface area contributed by atoms with E-state index in [1.54, 1.807) is 57.3 Å². The maximum Gasteiger partial charge on any atom is 0.407 e. The largest absolute Gasteiger partial charge is 0.481 e. The van der Waals surface area contributed by atoms with Gasteiger partial charge in [-0.2, -0.15) is 0 Å². The van der Waals surface area contributed by atoms with E-state index < -0.39 is 17.6 Å². The SMILES string of the molecule is COc1ncc(C)cc1-c1cc(CNC(=O)OC(C)(C)C)cc(C(=O)NCc2ccc(Cl)c(Cl)c2)n1. The number of nitrogens with zero attached hydrogens (tertiary/aromatic N) is 2. The average Bonchev–Trinajstić information content (AvgIpc) is 2.82. The maximum atomic E-state index is 13.1. The number of hydrogen-bond acceptors (Lipinski definition) is 6. The summed E-state index contributed by atoms with van der Waals surface area (Å²) in [6, 6.07) is 10.4. The van der Waals surface area contributed by atoms with Crippen LogP contribution in [0.4, 0.5) is 4.79 Å². The highest BCUT2D eigenvalue weighted by molar-refractivity contribution is 6.42. The number of nitrogens with one attached hydrogen (secondary N) is 2. The summed E-state index contributed by atoms with van der Waals surface area (Å²) in [7, 11) is 1.51. The minimum atomic E-state index is -0.635. The second kappa shape index (κ2) is 11.6. The zero-order chi connectivity index (χ0) is 26.5. The van der Waals surface area contributed by atoms with E-state index in [0.29, 0.717) is 32.7 Å². The van der Waals surface area contributed by atoms with Gasteiger partial charge in [-0.25, -0.2) is 14.8 Å². The number of aryl methyl sites for hydroxylation is 1. The van der Waals surface area contributed by atoms with E-state index in [9.17, 15) is 9.59 Å². The summed E-state index contributed by atoms with van der Waals surface area (Å²) < 4.78 is 10.7. The second-order valence-corrected chi connectivity index (χ2v) is 9.92. The normalized spacial score (nSPS) is 11.1. The van der Waals surface area contributed by atoms with Crippen molar-refractivity contribution < 1.29 is 19.1 Å². The van der Waals surface area contributed by atoms with Gasteiger partial charge in [0.25, 0.3) is 5.91 Å². The molecule has 2 heterocycles. The number of hydrogen-bond donors (Lipinski definition) is 2. The van der Waals surface area contributed by atoms with Crippen LogP contribution in [0, 0.1) is 6.92 Å². The molecule has 2 N–H and O–H groups in total. The first-order chi connectivity index (χ1) is 16.9. The van der Waals surface area contributed by atoms with Gasteiger partial charge in [-0.05, 0) is 74.7 Å². The fourth-order valence-electron chi connectivity index (χ4n) is 3.26. The van der Waals surface area contributed by atoms with Crippen LogP contribution in [0.1, 0.15) is 48.0 Å². The Morgan fingerprint density at radius 2 is 1.69 bits per heavy atom. The molecule has 0 atom stereocenters. The molecule has 10 heteroatoms. The van der Waals surface area contributed by atoms with Crippen molar-refractivity contribution in [1.29, 1.82) is 0 Å². The van der Waals surface area contributed by atoms with Crippen molar-refractivity contribution >= 4 is 35.2 Å². The Bertz CT molecular complexity index is 1280. The molecule has 0 aliphatic rings. The van der Waals surface area contributed by atoms with Crippen molar-refractivity contribution in [3.63, 3.8) is 0 Å². The Balaban J connectivity index is 1.90. The number of benzene rings is 1. The number of carbonyl (C=O) groups is 2. The first-order valence-corrected chi connectivity index (χ1v) is 11.9. The van der Waals surface area contributed by atoms with Gasteiger partial charge in [-0.3, -0.25) is 4.79 Å². The molecule has 0 aliphatic heterocycles. The maximum absolute atomic E-state index is 13.1. The number of amides is 2. The Morgan fingerprint density at radius 1 is 0.972 bits per heavy atom. The molecule has 2 amide bonds. The van der Waals surface area contributed by atoms with Crippen molar-refractivity contribution in [3.05, 3.63) is 75.0 Å². The monoisotopic (exact) mass is 530 g/mol. The van der Waals surface area contributed by atoms with Crippen molar-refractivity contribution in [1.82, 2.24) is 20.6 Å². The standard InChI is InChI=1S/C26H28Cl2N4O4/c1-15-8-18(24(35-5)30-12-15)21-10-17(14-31-25(34)36-26(2,3)4)11-22(32-21)23(33)29-13-16-6-7-19(27)20(28)9-16/h6-12H,13-14H2,1-5H3,(H,29,33)(H,31,34). The molecular weight excluding hydrogens is 503 g/mol. The van der Waals surface area contributed by atoms with E-state index in [2.05, 4.69) is 20.6 Å². The molecule has 0 aliphatic carbocycles. The lowest BCUT2D eigenvalue weighted by Crippen LogP contribution is -2.32. The highest BCUT2D eigenvalue weighted by Gasteiger charge is 2.18. The zero-order valence-electron chi connectivity index (χ0n) is 20.7. The molecule has 8 nitrogen and oxygen atoms in total. The topological polar surface area (TPSA) is 102 Å². The van der Waals surface area contributed by atoms with Crippen LogP contribution in [0.5, 0.6) is 5.88 Å². The van der Waals surface area contributed by atoms with Crippen molar-refractivity contribution in [2.24, 2.45) is 0 Å². The van der Waals surface area contributed by atoms with Crippen LogP contribution in [0.3, 0.4) is 0 Å². The number of halogens is 2. The van der Waals surface area contributed by atoms with Crippen LogP contribution >= 0.6 is 23.2 Å². The van der Waals surface area contributed by atoms with Crippen LogP contribution in [-0.2, 0) is 17.8 Å². The minimum Gasteiger partial charge on any atom is -0.481 e. The van der Waals surface area contributed by atoms with Gasteiger partial charge in [0.1, 0.15) is 11.3 Å². The van der Waals surface area contributed by atoms with Crippen molar-refractivity contribution in [2.75, 3.05) is 7.11 Å². The van der Waals surface area contributed by atoms with Gasteiger partial charge in [0, 0.05) is 19.3 Å². The third-order valence-electron chi connectivity index (χ3n) is 4.85. The third-order valence-corrected chi connectivity index (χ3v) is 5.59. The number of methoxy groups -OCH3 is 1. The minimum absolute atomic E-state index is 0.124. The van der Waals surface area contributed by atoms with Gasteiger partial charge in [-0.15, -0.1) is 0 Å². The Hall–Kier alpha value is -3.36. The summed E-state index contributed by atoms with van der Waals surface area (Å²) in [5.41, 5.74) is 2.96. The fraction of sp³-hybridized carbons (Fsp3) is 0.308. The molecule has 0 radical (unpaired) electrons. The molecule has 0 saturated carbocycles. The first kappa shape index (κ1) is 27.2. The van der Waals surface area contributed by atoms with Crippen LogP contribution in [-0.4, -0.2) is 34.7 Å². The highest BCUT2D eigenvalue weighted by atomic mass is 35.5. The van der Waals surface area contributed by atoms with E-state index in [1.807, 2.05) is 13.0 Å². The van der Waals surface area contributed by atoms with Crippen LogP contribution in [0.15, 0.2) is 42.6 Å². The number of alkyl carbamates (subject to hydrolysis) is 1. The summed E-state index contributed by atoms with van der Waals surface area (Å²) in [5, 5.41) is 6.39. The summed E-state index contributed by atoms with van der Waals surface area (Å²) in [6.45, 7) is 7.59. The van der Waals surface area contributed by atoms with Crippen LogP contribution in [0.25, 0.3) is 11.3 Å². The Labute approximate surface area is 220 Å². The van der Waals surface area contributed by atoms with Crippen LogP contribution < -0.4 is 15.4 Å². The molecule has 2 aromatic heterocycles. The van der Waals surface area contributed by atoms with E-state index >= 15 is 0 Å². The second-order valence-electron chi connectivity index (χ2n) is 9.10. The molecule has 190 valence electrons. The van der Waals surface area contributed by atoms with Gasteiger partial charge in [-0.1, -0.05) is 29.3 Å². The van der Waals surface area contributed by atoms with E-state index in [4.69, 9.17) is 32.7 Å². The van der Waals surface area contributed by atoms with Gasteiger partial charge < -0.3 is 20.1 Å². The van der Waals surface area contributed by atoms with Gasteiger partial charge in [0.05, 0.1) is 28.4 Å². The molecule has 0 fully saturated rings. The number of pyridine rings is 2. The first-order valence-electron chi connectivity index (χ1n) is 11.2. The van der Waals surface area contributed by atoms with Crippen LogP contribution in [0.2, 0.25) is 10.0 Å². The third kappa shape index (κ3) is 7.57. The lowest BCUT2D eigenvalue weighted by Gasteiger charge is -2.20. The van der Waals surface area contributed by atoms with Crippen molar-refractivity contribution in [3.8, 4) is 17.1 Å². The molecule has 3 rings (SSSR count). The molecule has 0 spiro atoms. The lowest BCUT2D eigenvalue weighted by atomic mass is 10.1. The lowest BCUT2D eigenvalue weighted by molar-refractivity contribution is 0.0523. The van der Waals surface area contributed by atoms with E-state index in [1.165, 1.54) is 7.11 Å². The number of aromatic nitrogens is 2. The summed E-state index contributed by atoms with van der Waals surface area (Å²) in [4.78, 5) is 34.1. The van der Waals surface area contributed by atoms with E-state index in [0.717, 1.165) is 11.1 Å². The number of carbonyl (C=O) groups excluding carboxylic acids is 2. The molecule has 1 aromatic carbocycles. The van der Waals surface area contributed by atoms with Gasteiger partial charge in [0.15, 0.2) is 0 Å². The fourth-order valence-corrected chi connectivity index (χ4v) is 3.58. The summed E-state index contributed by atoms with van der Waals surface area (Å²) in [6.07, 6.45) is 1.11. The Morgan fingerprint density at radius 3 is 2.36 bits per heavy atom. The smallest absolute Gasteiger partial charge is 0.407 e. The quantitative estimate of drug-likeness (QED) is 0.404. The number of ether oxygens (including phenoxy) is 2. The summed E-state index contributed by atoms with van der Waals surface area (Å²) >= 11 is 12.0. The molecule has 0 saturated heterocycles. The van der Waals surface area contributed by atoms with Crippen molar-refractivity contribution in [2.45, 2.75) is 46.4 Å². The molecule has 36 heavy (non-hydrogen) atoms. The van der Waals surface area contributed by atoms with E-state index in [-0.39, 0.29) is 18.8 Å². The molecular formula is C26H28Cl2N4O4. The predicted octanol–water partition coefficient (Wildman–Crippen LogP) is 5.72. The summed E-state index contributed by atoms with van der Waals surface area (Å²) in [5.74, 6) is -0.0338. The zero-order valence-corrected chi connectivity index (χ0v) is 22.3. The Kier molecular flexibility index (Phi) is 8.76. The number of rotatable bonds is 7. The van der Waals surface area contributed by atoms with Gasteiger partial charge in [0.2, 0.25) is 5.88 Å². The molecule has 0 unspecified atom stereocenters. The predicted molar refractivity (Wildman–Crippen MR) is 139 cm³/mol. The highest BCUT2D eigenvalue weighted by Crippen LogP contribution is 2.28. The average molecular weight is 531 g/mol. The molecule has 0 bridgehead atoms. The molecule has 3 aromatic rings. The van der Waals surface area contributed by atoms with Gasteiger partial charge >= 0.3 is 6.09 Å².